The number of rotatable bonds is 7. The van der Waals surface area contributed by atoms with Gasteiger partial charge in [-0.15, -0.1) is 0 Å². The van der Waals surface area contributed by atoms with E-state index in [1.165, 1.54) is 0 Å². The average molecular weight is 258 g/mol. The van der Waals surface area contributed by atoms with Crippen LogP contribution in [-0.2, 0) is 19.0 Å². The van der Waals surface area contributed by atoms with Crippen molar-refractivity contribution in [1.82, 2.24) is 0 Å². The molecule has 1 unspecified atom stereocenters. The van der Waals surface area contributed by atoms with Crippen molar-refractivity contribution in [1.29, 1.82) is 0 Å². The van der Waals surface area contributed by atoms with Crippen LogP contribution in [0.1, 0.15) is 59.3 Å². The first-order chi connectivity index (χ1) is 8.68. The Morgan fingerprint density at radius 2 is 1.83 bits per heavy atom. The van der Waals surface area contributed by atoms with E-state index in [2.05, 4.69) is 0 Å². The molecule has 0 N–H and O–H groups in total. The maximum atomic E-state index is 11.7. The van der Waals surface area contributed by atoms with Gasteiger partial charge in [0.2, 0.25) is 5.79 Å². The zero-order valence-electron chi connectivity index (χ0n) is 11.9. The zero-order chi connectivity index (χ0) is 13.4. The summed E-state index contributed by atoms with van der Waals surface area (Å²) in [5.41, 5.74) is 0. The van der Waals surface area contributed by atoms with Gasteiger partial charge in [-0.25, -0.2) is 0 Å². The van der Waals surface area contributed by atoms with Gasteiger partial charge in [0.05, 0.1) is 0 Å². The highest BCUT2D eigenvalue weighted by atomic mass is 16.7. The van der Waals surface area contributed by atoms with Crippen molar-refractivity contribution in [2.75, 3.05) is 13.2 Å². The van der Waals surface area contributed by atoms with Crippen LogP contribution < -0.4 is 0 Å². The van der Waals surface area contributed by atoms with E-state index in [4.69, 9.17) is 14.2 Å². The largest absolute Gasteiger partial charge is 0.457 e. The van der Waals surface area contributed by atoms with Crippen LogP contribution in [0.15, 0.2) is 0 Å². The summed E-state index contributed by atoms with van der Waals surface area (Å²) in [4.78, 5) is 11.7. The molecule has 18 heavy (non-hydrogen) atoms. The Morgan fingerprint density at radius 1 is 1.17 bits per heavy atom. The van der Waals surface area contributed by atoms with Crippen molar-refractivity contribution in [3.8, 4) is 0 Å². The third kappa shape index (κ3) is 3.95. The minimum Gasteiger partial charge on any atom is -0.457 e. The molecule has 1 saturated carbocycles. The standard InChI is InChI=1S/C14H26O4/c1-4-9-13(15)18-12-10-7-8-11-14(12,16-5-2)17-6-3/h12H,4-11H2,1-3H3. The van der Waals surface area contributed by atoms with Crippen LogP contribution >= 0.6 is 0 Å². The average Bonchev–Trinajstić information content (AvgIpc) is 2.33. The van der Waals surface area contributed by atoms with Crippen LogP contribution in [-0.4, -0.2) is 31.1 Å². The highest BCUT2D eigenvalue weighted by molar-refractivity contribution is 5.69. The summed E-state index contributed by atoms with van der Waals surface area (Å²) in [6.07, 6.45) is 4.76. The predicted molar refractivity (Wildman–Crippen MR) is 69.2 cm³/mol. The van der Waals surface area contributed by atoms with Gasteiger partial charge >= 0.3 is 5.97 Å². The molecule has 0 bridgehead atoms. The summed E-state index contributed by atoms with van der Waals surface area (Å²) >= 11 is 0. The van der Waals surface area contributed by atoms with Gasteiger partial charge in [-0.1, -0.05) is 6.92 Å². The van der Waals surface area contributed by atoms with E-state index in [1.54, 1.807) is 0 Å². The maximum absolute atomic E-state index is 11.7. The van der Waals surface area contributed by atoms with E-state index < -0.39 is 5.79 Å². The van der Waals surface area contributed by atoms with Crippen molar-refractivity contribution >= 4 is 5.97 Å². The van der Waals surface area contributed by atoms with Gasteiger partial charge in [-0.05, 0) is 39.5 Å². The van der Waals surface area contributed by atoms with E-state index in [0.717, 1.165) is 32.1 Å². The lowest BCUT2D eigenvalue weighted by Gasteiger charge is -2.42. The van der Waals surface area contributed by atoms with E-state index in [0.29, 0.717) is 19.6 Å². The quantitative estimate of drug-likeness (QED) is 0.520. The van der Waals surface area contributed by atoms with Crippen molar-refractivity contribution in [2.45, 2.75) is 71.2 Å². The minimum absolute atomic E-state index is 0.145. The number of esters is 1. The number of hydrogen-bond donors (Lipinski definition) is 0. The summed E-state index contributed by atoms with van der Waals surface area (Å²) in [7, 11) is 0. The Hall–Kier alpha value is -0.610. The normalized spacial score (nSPS) is 22.7. The van der Waals surface area contributed by atoms with Gasteiger partial charge in [-0.3, -0.25) is 4.79 Å². The van der Waals surface area contributed by atoms with Crippen molar-refractivity contribution < 1.29 is 19.0 Å². The molecule has 0 aromatic carbocycles. The molecule has 1 atom stereocenters. The van der Waals surface area contributed by atoms with Gasteiger partial charge in [0, 0.05) is 26.1 Å². The third-order valence-corrected chi connectivity index (χ3v) is 3.24. The molecule has 0 amide bonds. The SMILES string of the molecule is CCCC(=O)OC1CCCCC1(OCC)OCC. The maximum Gasteiger partial charge on any atom is 0.306 e. The van der Waals surface area contributed by atoms with Crippen LogP contribution in [0.2, 0.25) is 0 Å². The first kappa shape index (κ1) is 15.4. The fourth-order valence-electron chi connectivity index (χ4n) is 2.51. The van der Waals surface area contributed by atoms with E-state index in [9.17, 15) is 4.79 Å². The molecule has 0 aromatic heterocycles. The zero-order valence-corrected chi connectivity index (χ0v) is 11.9. The number of hydrogen-bond acceptors (Lipinski definition) is 4. The molecule has 4 heteroatoms. The molecule has 4 nitrogen and oxygen atoms in total. The minimum atomic E-state index is -0.717. The highest BCUT2D eigenvalue weighted by Crippen LogP contribution is 2.35. The summed E-state index contributed by atoms with van der Waals surface area (Å²) in [5, 5.41) is 0. The Bertz CT molecular complexity index is 241. The van der Waals surface area contributed by atoms with Gasteiger partial charge in [0.25, 0.3) is 0 Å². The Balaban J connectivity index is 2.71. The Kier molecular flexibility index (Phi) is 6.65. The second-order valence-corrected chi connectivity index (χ2v) is 4.65. The Labute approximate surface area is 110 Å². The number of carbonyl (C=O) groups excluding carboxylic acids is 1. The highest BCUT2D eigenvalue weighted by Gasteiger charge is 2.45. The van der Waals surface area contributed by atoms with Gasteiger partial charge in [0.1, 0.15) is 0 Å². The molecule has 0 aliphatic heterocycles. The van der Waals surface area contributed by atoms with Gasteiger partial charge in [-0.2, -0.15) is 0 Å². The molecule has 1 rings (SSSR count). The molecule has 0 saturated heterocycles. The smallest absolute Gasteiger partial charge is 0.306 e. The second kappa shape index (κ2) is 7.74. The topological polar surface area (TPSA) is 44.8 Å². The third-order valence-electron chi connectivity index (χ3n) is 3.24. The van der Waals surface area contributed by atoms with Crippen molar-refractivity contribution in [3.05, 3.63) is 0 Å². The van der Waals surface area contributed by atoms with Crippen LogP contribution in [0.5, 0.6) is 0 Å². The second-order valence-electron chi connectivity index (χ2n) is 4.65. The summed E-state index contributed by atoms with van der Waals surface area (Å²) in [6, 6.07) is 0. The van der Waals surface area contributed by atoms with E-state index >= 15 is 0 Å². The summed E-state index contributed by atoms with van der Waals surface area (Å²) in [6.45, 7) is 7.00. The van der Waals surface area contributed by atoms with Crippen molar-refractivity contribution in [2.24, 2.45) is 0 Å². The molecule has 1 aliphatic rings. The molecular weight excluding hydrogens is 232 g/mol. The lowest BCUT2D eigenvalue weighted by molar-refractivity contribution is -0.296. The van der Waals surface area contributed by atoms with Crippen LogP contribution in [0.3, 0.4) is 0 Å². The number of ether oxygens (including phenoxy) is 3. The lowest BCUT2D eigenvalue weighted by Crippen LogP contribution is -2.51. The molecule has 0 aromatic rings. The lowest BCUT2D eigenvalue weighted by atomic mass is 9.90. The van der Waals surface area contributed by atoms with Crippen LogP contribution in [0.4, 0.5) is 0 Å². The van der Waals surface area contributed by atoms with Crippen LogP contribution in [0.25, 0.3) is 0 Å². The fraction of sp³-hybridized carbons (Fsp3) is 0.929. The molecule has 106 valence electrons. The Morgan fingerprint density at radius 3 is 2.39 bits per heavy atom. The first-order valence-electron chi connectivity index (χ1n) is 7.15. The molecule has 0 spiro atoms. The summed E-state index contributed by atoms with van der Waals surface area (Å²) < 4.78 is 17.2. The molecule has 1 aliphatic carbocycles. The molecule has 1 fully saturated rings. The molecule has 0 radical (unpaired) electrons. The first-order valence-corrected chi connectivity index (χ1v) is 7.15. The predicted octanol–water partition coefficient (Wildman–Crippen LogP) is 3.04. The monoisotopic (exact) mass is 258 g/mol. The molecular formula is C14H26O4. The molecule has 0 heterocycles. The van der Waals surface area contributed by atoms with E-state index in [1.807, 2.05) is 20.8 Å². The van der Waals surface area contributed by atoms with Crippen molar-refractivity contribution in [3.63, 3.8) is 0 Å². The number of carbonyl (C=O) groups is 1. The van der Waals surface area contributed by atoms with E-state index in [-0.39, 0.29) is 12.1 Å². The fourth-order valence-corrected chi connectivity index (χ4v) is 2.51. The van der Waals surface area contributed by atoms with Gasteiger partial charge < -0.3 is 14.2 Å². The summed E-state index contributed by atoms with van der Waals surface area (Å²) in [5.74, 6) is -0.862. The van der Waals surface area contributed by atoms with Crippen LogP contribution in [0, 0.1) is 0 Å². The van der Waals surface area contributed by atoms with Gasteiger partial charge in [0.15, 0.2) is 6.10 Å².